The van der Waals surface area contributed by atoms with Gasteiger partial charge in [-0.25, -0.2) is 15.8 Å². The van der Waals surface area contributed by atoms with E-state index in [2.05, 4.69) is 20.7 Å². The highest BCUT2D eigenvalue weighted by atomic mass is 16.3. The molecule has 0 unspecified atom stereocenters. The number of aliphatic hydroxyl groups is 1. The van der Waals surface area contributed by atoms with Gasteiger partial charge in [0.2, 0.25) is 0 Å². The minimum absolute atomic E-state index is 0.127. The molecule has 1 aliphatic carbocycles. The minimum Gasteiger partial charge on any atom is -0.394 e. The first-order valence-electron chi connectivity index (χ1n) is 5.46. The summed E-state index contributed by atoms with van der Waals surface area (Å²) >= 11 is 0. The molecule has 1 aliphatic rings. The molecule has 0 atom stereocenters. The Hall–Kier alpha value is -1.40. The van der Waals surface area contributed by atoms with Crippen LogP contribution in [0.2, 0.25) is 0 Å². The van der Waals surface area contributed by atoms with E-state index in [9.17, 15) is 5.11 Å². The first kappa shape index (κ1) is 11.1. The number of aliphatic hydroxyl groups excluding tert-OH is 1. The van der Waals surface area contributed by atoms with Crippen molar-refractivity contribution < 1.29 is 5.11 Å². The van der Waals surface area contributed by atoms with Crippen LogP contribution < -0.4 is 16.6 Å². The number of hydrazine groups is 1. The van der Waals surface area contributed by atoms with Gasteiger partial charge in [-0.3, -0.25) is 0 Å². The molecule has 1 aromatic heterocycles. The van der Waals surface area contributed by atoms with E-state index in [0.29, 0.717) is 11.6 Å². The van der Waals surface area contributed by atoms with Crippen LogP contribution in [0.3, 0.4) is 0 Å². The molecule has 2 rings (SSSR count). The summed E-state index contributed by atoms with van der Waals surface area (Å²) < 4.78 is 0. The molecule has 16 heavy (non-hydrogen) atoms. The first-order valence-corrected chi connectivity index (χ1v) is 5.46. The van der Waals surface area contributed by atoms with Gasteiger partial charge < -0.3 is 15.8 Å². The second-order valence-electron chi connectivity index (χ2n) is 4.20. The van der Waals surface area contributed by atoms with E-state index >= 15 is 0 Å². The average Bonchev–Trinajstić information content (AvgIpc) is 2.78. The molecule has 0 bridgehead atoms. The van der Waals surface area contributed by atoms with Gasteiger partial charge in [-0.05, 0) is 12.8 Å². The third-order valence-electron chi connectivity index (χ3n) is 3.07. The van der Waals surface area contributed by atoms with Crippen molar-refractivity contribution in [1.29, 1.82) is 0 Å². The van der Waals surface area contributed by atoms with Crippen molar-refractivity contribution in [1.82, 2.24) is 9.97 Å². The topological polar surface area (TPSA) is 96.1 Å². The molecular weight excluding hydrogens is 206 g/mol. The summed E-state index contributed by atoms with van der Waals surface area (Å²) in [4.78, 5) is 8.05. The molecular formula is C10H17N5O. The SMILES string of the molecule is NNc1cc(NC2(CO)CCCC2)ncn1. The van der Waals surface area contributed by atoms with Gasteiger partial charge in [-0.15, -0.1) is 0 Å². The van der Waals surface area contributed by atoms with Crippen LogP contribution in [-0.4, -0.2) is 27.2 Å². The Kier molecular flexibility index (Phi) is 3.21. The summed E-state index contributed by atoms with van der Waals surface area (Å²) in [6.07, 6.45) is 5.66. The second kappa shape index (κ2) is 4.63. The number of nitrogens with two attached hydrogens (primary N) is 1. The van der Waals surface area contributed by atoms with Crippen molar-refractivity contribution in [3.63, 3.8) is 0 Å². The van der Waals surface area contributed by atoms with Crippen molar-refractivity contribution in [2.24, 2.45) is 5.84 Å². The van der Waals surface area contributed by atoms with E-state index in [4.69, 9.17) is 5.84 Å². The van der Waals surface area contributed by atoms with Crippen LogP contribution >= 0.6 is 0 Å². The van der Waals surface area contributed by atoms with E-state index in [-0.39, 0.29) is 12.1 Å². The van der Waals surface area contributed by atoms with Gasteiger partial charge in [0.15, 0.2) is 0 Å². The zero-order chi connectivity index (χ0) is 11.4. The van der Waals surface area contributed by atoms with Crippen LogP contribution in [0.1, 0.15) is 25.7 Å². The lowest BCUT2D eigenvalue weighted by Crippen LogP contribution is -2.39. The maximum Gasteiger partial charge on any atom is 0.145 e. The Morgan fingerprint density at radius 1 is 1.31 bits per heavy atom. The average molecular weight is 223 g/mol. The number of nitrogens with zero attached hydrogens (tertiary/aromatic N) is 2. The monoisotopic (exact) mass is 223 g/mol. The molecule has 6 heteroatoms. The number of nitrogen functional groups attached to an aromatic ring is 1. The lowest BCUT2D eigenvalue weighted by atomic mass is 9.99. The summed E-state index contributed by atoms with van der Waals surface area (Å²) in [6, 6.07) is 1.73. The van der Waals surface area contributed by atoms with Crippen LogP contribution in [0.5, 0.6) is 0 Å². The highest BCUT2D eigenvalue weighted by molar-refractivity contribution is 5.47. The summed E-state index contributed by atoms with van der Waals surface area (Å²) in [6.45, 7) is 0.127. The largest absolute Gasteiger partial charge is 0.394 e. The van der Waals surface area contributed by atoms with Gasteiger partial charge in [0.25, 0.3) is 0 Å². The van der Waals surface area contributed by atoms with Gasteiger partial charge in [-0.2, -0.15) is 0 Å². The van der Waals surface area contributed by atoms with Crippen molar-refractivity contribution in [2.45, 2.75) is 31.2 Å². The highest BCUT2D eigenvalue weighted by Crippen LogP contribution is 2.32. The van der Waals surface area contributed by atoms with Gasteiger partial charge in [0.1, 0.15) is 18.0 Å². The van der Waals surface area contributed by atoms with Gasteiger partial charge in [-0.1, -0.05) is 12.8 Å². The molecule has 1 aromatic rings. The Bertz CT molecular complexity index is 351. The number of aromatic nitrogens is 2. The number of hydrogen-bond acceptors (Lipinski definition) is 6. The molecule has 6 nitrogen and oxygen atoms in total. The van der Waals surface area contributed by atoms with Gasteiger partial charge in [0.05, 0.1) is 12.1 Å². The number of rotatable bonds is 4. The predicted molar refractivity (Wildman–Crippen MR) is 61.7 cm³/mol. The molecule has 1 saturated carbocycles. The number of anilines is 2. The summed E-state index contributed by atoms with van der Waals surface area (Å²) in [7, 11) is 0. The molecule has 0 spiro atoms. The highest BCUT2D eigenvalue weighted by Gasteiger charge is 2.33. The Balaban J connectivity index is 2.12. The third-order valence-corrected chi connectivity index (χ3v) is 3.07. The summed E-state index contributed by atoms with van der Waals surface area (Å²) in [5, 5.41) is 12.7. The molecule has 88 valence electrons. The maximum absolute atomic E-state index is 9.46. The van der Waals surface area contributed by atoms with E-state index in [0.717, 1.165) is 25.7 Å². The number of hydrogen-bond donors (Lipinski definition) is 4. The van der Waals surface area contributed by atoms with E-state index in [1.54, 1.807) is 6.07 Å². The van der Waals surface area contributed by atoms with Crippen LogP contribution in [0.25, 0.3) is 0 Å². The van der Waals surface area contributed by atoms with Crippen molar-refractivity contribution in [3.8, 4) is 0 Å². The standard InChI is InChI=1S/C10H17N5O/c11-15-9-5-8(12-7-13-9)14-10(6-16)3-1-2-4-10/h5,7,16H,1-4,6,11H2,(H2,12,13,14,15). The van der Waals surface area contributed by atoms with E-state index in [1.807, 2.05) is 0 Å². The van der Waals surface area contributed by atoms with Crippen molar-refractivity contribution in [2.75, 3.05) is 17.3 Å². The Morgan fingerprint density at radius 2 is 2.00 bits per heavy atom. The maximum atomic E-state index is 9.46. The summed E-state index contributed by atoms with van der Waals surface area (Å²) in [5.74, 6) is 6.53. The zero-order valence-electron chi connectivity index (χ0n) is 9.11. The molecule has 0 saturated heterocycles. The zero-order valence-corrected chi connectivity index (χ0v) is 9.11. The van der Waals surface area contributed by atoms with Crippen LogP contribution in [-0.2, 0) is 0 Å². The molecule has 1 heterocycles. The minimum atomic E-state index is -0.222. The Morgan fingerprint density at radius 3 is 2.62 bits per heavy atom. The van der Waals surface area contributed by atoms with Crippen molar-refractivity contribution >= 4 is 11.6 Å². The van der Waals surface area contributed by atoms with Crippen LogP contribution in [0, 0.1) is 0 Å². The smallest absolute Gasteiger partial charge is 0.145 e. The summed E-state index contributed by atoms with van der Waals surface area (Å²) in [5.41, 5.74) is 2.25. The second-order valence-corrected chi connectivity index (χ2v) is 4.20. The lowest BCUT2D eigenvalue weighted by molar-refractivity contribution is 0.214. The van der Waals surface area contributed by atoms with Crippen molar-refractivity contribution in [3.05, 3.63) is 12.4 Å². The van der Waals surface area contributed by atoms with Crippen LogP contribution in [0.15, 0.2) is 12.4 Å². The fourth-order valence-corrected chi connectivity index (χ4v) is 2.15. The third kappa shape index (κ3) is 2.23. The van der Waals surface area contributed by atoms with Gasteiger partial charge >= 0.3 is 0 Å². The molecule has 0 aromatic carbocycles. The molecule has 0 radical (unpaired) electrons. The van der Waals surface area contributed by atoms with Crippen LogP contribution in [0.4, 0.5) is 11.6 Å². The van der Waals surface area contributed by atoms with Gasteiger partial charge in [0, 0.05) is 6.07 Å². The predicted octanol–water partition coefficient (Wildman–Crippen LogP) is 0.479. The van der Waals surface area contributed by atoms with E-state index in [1.165, 1.54) is 6.33 Å². The fraction of sp³-hybridized carbons (Fsp3) is 0.600. The fourth-order valence-electron chi connectivity index (χ4n) is 2.15. The normalized spacial score (nSPS) is 18.4. The quantitative estimate of drug-likeness (QED) is 0.438. The first-order chi connectivity index (χ1) is 7.78. The molecule has 0 aliphatic heterocycles. The molecule has 1 fully saturated rings. The number of nitrogens with one attached hydrogen (secondary N) is 2. The molecule has 5 N–H and O–H groups in total. The Labute approximate surface area is 94.3 Å². The van der Waals surface area contributed by atoms with E-state index < -0.39 is 0 Å². The lowest BCUT2D eigenvalue weighted by Gasteiger charge is -2.28. The molecule has 0 amide bonds.